The second-order valence-corrected chi connectivity index (χ2v) is 6.09. The lowest BCUT2D eigenvalue weighted by Gasteiger charge is -2.10. The zero-order valence-corrected chi connectivity index (χ0v) is 14.3. The second-order valence-electron chi connectivity index (χ2n) is 5.18. The van der Waals surface area contributed by atoms with Crippen LogP contribution in [0.5, 0.6) is 5.75 Å². The highest BCUT2D eigenvalue weighted by atomic mass is 79.9. The maximum absolute atomic E-state index is 13.7. The molecule has 0 atom stereocenters. The number of aromatic carboxylic acids is 1. The van der Waals surface area contributed by atoms with Gasteiger partial charge in [0.05, 0.1) is 11.3 Å². The number of rotatable bonds is 4. The minimum Gasteiger partial charge on any atom is -0.485 e. The number of aryl methyl sites for hydroxylation is 1. The Bertz CT molecular complexity index is 1000. The first-order chi connectivity index (χ1) is 11.8. The number of imidazole rings is 1. The monoisotopic (exact) mass is 414 g/mol. The molecule has 0 aliphatic carbocycles. The molecule has 0 spiro atoms. The number of fused-ring (bicyclic) bond motifs is 1. The number of benzene rings is 1. The van der Waals surface area contributed by atoms with Gasteiger partial charge in [0, 0.05) is 10.7 Å². The Labute approximate surface area is 147 Å². The van der Waals surface area contributed by atoms with Gasteiger partial charge in [-0.2, -0.15) is 0 Å². The summed E-state index contributed by atoms with van der Waals surface area (Å²) in [5.74, 6) is -4.57. The fourth-order valence-corrected chi connectivity index (χ4v) is 2.82. The van der Waals surface area contributed by atoms with Crippen LogP contribution in [0.15, 0.2) is 28.9 Å². The molecule has 1 aromatic carbocycles. The van der Waals surface area contributed by atoms with E-state index in [0.717, 1.165) is 6.07 Å². The minimum absolute atomic E-state index is 0.0655. The van der Waals surface area contributed by atoms with Gasteiger partial charge in [-0.25, -0.2) is 22.9 Å². The second kappa shape index (κ2) is 6.40. The molecule has 2 aromatic heterocycles. The van der Waals surface area contributed by atoms with Crippen LogP contribution in [0.2, 0.25) is 0 Å². The topological polar surface area (TPSA) is 63.8 Å². The van der Waals surface area contributed by atoms with Gasteiger partial charge in [0.25, 0.3) is 0 Å². The van der Waals surface area contributed by atoms with Gasteiger partial charge >= 0.3 is 5.97 Å². The van der Waals surface area contributed by atoms with Crippen LogP contribution < -0.4 is 4.74 Å². The van der Waals surface area contributed by atoms with E-state index < -0.39 is 35.6 Å². The van der Waals surface area contributed by atoms with Crippen LogP contribution in [0, 0.1) is 24.4 Å². The van der Waals surface area contributed by atoms with E-state index in [0.29, 0.717) is 10.5 Å². The first-order valence-corrected chi connectivity index (χ1v) is 7.75. The Hall–Kier alpha value is -2.55. The predicted molar refractivity (Wildman–Crippen MR) is 85.2 cm³/mol. The van der Waals surface area contributed by atoms with E-state index in [2.05, 4.69) is 20.9 Å². The van der Waals surface area contributed by atoms with Crippen molar-refractivity contribution in [3.8, 4) is 5.75 Å². The Morgan fingerprint density at radius 1 is 1.32 bits per heavy atom. The van der Waals surface area contributed by atoms with Gasteiger partial charge in [-0.05, 0) is 41.1 Å². The number of ether oxygens (including phenoxy) is 1. The van der Waals surface area contributed by atoms with Crippen LogP contribution in [0.3, 0.4) is 0 Å². The average molecular weight is 415 g/mol. The molecule has 0 saturated heterocycles. The van der Waals surface area contributed by atoms with E-state index in [9.17, 15) is 23.1 Å². The fraction of sp³-hybridized carbons (Fsp3) is 0.125. The van der Waals surface area contributed by atoms with E-state index in [4.69, 9.17) is 4.74 Å². The van der Waals surface area contributed by atoms with Crippen molar-refractivity contribution >= 4 is 27.5 Å². The Morgan fingerprint density at radius 2 is 2.00 bits per heavy atom. The number of carbonyl (C=O) groups is 1. The number of pyridine rings is 1. The Morgan fingerprint density at radius 3 is 2.68 bits per heavy atom. The van der Waals surface area contributed by atoms with E-state index in [1.807, 2.05) is 0 Å². The van der Waals surface area contributed by atoms with Crippen LogP contribution in [0.4, 0.5) is 13.2 Å². The third-order valence-electron chi connectivity index (χ3n) is 3.54. The van der Waals surface area contributed by atoms with E-state index >= 15 is 0 Å². The summed E-state index contributed by atoms with van der Waals surface area (Å²) in [4.78, 5) is 15.5. The van der Waals surface area contributed by atoms with Gasteiger partial charge in [-0.1, -0.05) is 0 Å². The third kappa shape index (κ3) is 3.07. The van der Waals surface area contributed by atoms with Crippen molar-refractivity contribution in [2.24, 2.45) is 0 Å². The van der Waals surface area contributed by atoms with E-state index in [1.54, 1.807) is 0 Å². The van der Waals surface area contributed by atoms with Crippen molar-refractivity contribution < 1.29 is 27.8 Å². The molecule has 130 valence electrons. The summed E-state index contributed by atoms with van der Waals surface area (Å²) >= 11 is 3.21. The van der Waals surface area contributed by atoms with E-state index in [1.165, 1.54) is 23.6 Å². The van der Waals surface area contributed by atoms with Crippen LogP contribution in [0.25, 0.3) is 5.65 Å². The lowest BCUT2D eigenvalue weighted by molar-refractivity contribution is 0.0688. The number of hydrogen-bond acceptors (Lipinski definition) is 3. The summed E-state index contributed by atoms with van der Waals surface area (Å²) in [5.41, 5.74) is -0.224. The molecular formula is C16H10BrF3N2O3. The molecule has 1 N–H and O–H groups in total. The molecule has 0 bridgehead atoms. The highest BCUT2D eigenvalue weighted by Crippen LogP contribution is 2.28. The summed E-state index contributed by atoms with van der Waals surface area (Å²) in [5, 5.41) is 9.29. The van der Waals surface area contributed by atoms with Gasteiger partial charge < -0.3 is 9.84 Å². The van der Waals surface area contributed by atoms with Crippen LogP contribution >= 0.6 is 15.9 Å². The zero-order chi connectivity index (χ0) is 18.3. The summed E-state index contributed by atoms with van der Waals surface area (Å²) < 4.78 is 47.8. The number of aromatic nitrogens is 2. The number of halogens is 4. The Kier molecular flexibility index (Phi) is 4.42. The molecule has 9 heteroatoms. The summed E-state index contributed by atoms with van der Waals surface area (Å²) in [6, 6.07) is 2.96. The van der Waals surface area contributed by atoms with Crippen LogP contribution in [-0.2, 0) is 6.61 Å². The van der Waals surface area contributed by atoms with Crippen molar-refractivity contribution in [2.75, 3.05) is 0 Å². The molecule has 0 aliphatic heterocycles. The van der Waals surface area contributed by atoms with Crippen molar-refractivity contribution in [1.29, 1.82) is 0 Å². The van der Waals surface area contributed by atoms with Crippen LogP contribution in [0.1, 0.15) is 21.7 Å². The van der Waals surface area contributed by atoms with Gasteiger partial charge in [0.15, 0.2) is 28.7 Å². The normalized spacial score (nSPS) is 11.1. The molecule has 0 unspecified atom stereocenters. The van der Waals surface area contributed by atoms with E-state index in [-0.39, 0.29) is 22.8 Å². The predicted octanol–water partition coefficient (Wildman–Crippen LogP) is 4.10. The number of nitrogens with zero attached hydrogens (tertiary/aromatic N) is 2. The first kappa shape index (κ1) is 17.3. The fourth-order valence-electron chi connectivity index (χ4n) is 2.41. The molecule has 2 heterocycles. The number of carboxylic acids is 1. The molecular weight excluding hydrogens is 405 g/mol. The van der Waals surface area contributed by atoms with Crippen molar-refractivity contribution in [2.45, 2.75) is 13.5 Å². The molecule has 0 radical (unpaired) electrons. The molecule has 0 aliphatic rings. The van der Waals surface area contributed by atoms with Gasteiger partial charge in [0.2, 0.25) is 0 Å². The highest BCUT2D eigenvalue weighted by molar-refractivity contribution is 9.10. The summed E-state index contributed by atoms with van der Waals surface area (Å²) in [6.07, 6.45) is 1.48. The van der Waals surface area contributed by atoms with Gasteiger partial charge in [0.1, 0.15) is 12.4 Å². The van der Waals surface area contributed by atoms with Crippen molar-refractivity contribution in [3.05, 3.63) is 63.3 Å². The summed E-state index contributed by atoms with van der Waals surface area (Å²) in [7, 11) is 0. The lowest BCUT2D eigenvalue weighted by Crippen LogP contribution is -2.06. The third-order valence-corrected chi connectivity index (χ3v) is 3.97. The smallest absolute Gasteiger partial charge is 0.354 e. The molecule has 0 fully saturated rings. The number of carboxylic acid groups (broad SMARTS) is 1. The molecule has 0 saturated carbocycles. The average Bonchev–Trinajstić information content (AvgIpc) is 2.87. The van der Waals surface area contributed by atoms with Gasteiger partial charge in [-0.3, -0.25) is 4.40 Å². The molecule has 0 amide bonds. The molecule has 5 nitrogen and oxygen atoms in total. The van der Waals surface area contributed by atoms with Gasteiger partial charge in [-0.15, -0.1) is 0 Å². The lowest BCUT2D eigenvalue weighted by atomic mass is 10.2. The van der Waals surface area contributed by atoms with Crippen molar-refractivity contribution in [1.82, 2.24) is 9.38 Å². The maximum Gasteiger partial charge on any atom is 0.354 e. The number of hydrogen-bond donors (Lipinski definition) is 1. The van der Waals surface area contributed by atoms with Crippen molar-refractivity contribution in [3.63, 3.8) is 0 Å². The minimum atomic E-state index is -1.34. The summed E-state index contributed by atoms with van der Waals surface area (Å²) in [6.45, 7) is 0.926. The standard InChI is InChI=1S/C16H10BrF3N2O3/c1-7-14(16(23)24)22-5-8(17)4-12(15(22)21-7)25-6-9-10(18)2-3-11(19)13(9)20/h2-5H,6H2,1H3,(H,23,24). The highest BCUT2D eigenvalue weighted by Gasteiger charge is 2.20. The first-order valence-electron chi connectivity index (χ1n) is 6.96. The van der Waals surface area contributed by atoms with Crippen LogP contribution in [-0.4, -0.2) is 20.5 Å². The molecule has 25 heavy (non-hydrogen) atoms. The SMILES string of the molecule is Cc1nc2c(OCc3c(F)ccc(F)c3F)cc(Br)cn2c1C(=O)O. The molecule has 3 rings (SSSR count). The molecule has 3 aromatic rings. The Balaban J connectivity index is 2.04. The maximum atomic E-state index is 13.7. The largest absolute Gasteiger partial charge is 0.485 e. The quantitative estimate of drug-likeness (QED) is 0.652. The zero-order valence-electron chi connectivity index (χ0n) is 12.7.